The third-order valence-electron chi connectivity index (χ3n) is 1.72. The van der Waals surface area contributed by atoms with Gasteiger partial charge in [0.1, 0.15) is 3.70 Å². The molecule has 0 unspecified atom stereocenters. The van der Waals surface area contributed by atoms with Crippen LogP contribution in [-0.4, -0.2) is 4.98 Å². The second-order valence-electron chi connectivity index (χ2n) is 2.56. The van der Waals surface area contributed by atoms with E-state index in [0.717, 1.165) is 19.1 Å². The Kier molecular flexibility index (Phi) is 2.76. The van der Waals surface area contributed by atoms with Gasteiger partial charge < -0.3 is 0 Å². The molecule has 0 N–H and O–H groups in total. The Morgan fingerprint density at radius 3 is 2.77 bits per heavy atom. The molecule has 2 aromatic rings. The molecule has 1 aromatic heterocycles. The van der Waals surface area contributed by atoms with Crippen LogP contribution in [0.1, 0.15) is 0 Å². The SMILES string of the molecule is Clc1ccc(Br)c2ccc(I)nc12. The summed E-state index contributed by atoms with van der Waals surface area (Å²) in [6.07, 6.45) is 0. The van der Waals surface area contributed by atoms with Gasteiger partial charge in [-0.05, 0) is 46.9 Å². The second-order valence-corrected chi connectivity index (χ2v) is 4.93. The van der Waals surface area contributed by atoms with E-state index in [1.807, 2.05) is 24.3 Å². The Bertz CT molecular complexity index is 472. The maximum atomic E-state index is 6.01. The number of benzene rings is 1. The fraction of sp³-hybridized carbons (Fsp3) is 0. The van der Waals surface area contributed by atoms with E-state index in [9.17, 15) is 0 Å². The van der Waals surface area contributed by atoms with Gasteiger partial charge in [-0.3, -0.25) is 0 Å². The van der Waals surface area contributed by atoms with E-state index >= 15 is 0 Å². The molecule has 2 rings (SSSR count). The molecular formula is C9H4BrClIN. The lowest BCUT2D eigenvalue weighted by molar-refractivity contribution is 1.34. The minimum Gasteiger partial charge on any atom is -0.240 e. The van der Waals surface area contributed by atoms with Gasteiger partial charge in [-0.1, -0.05) is 27.5 Å². The van der Waals surface area contributed by atoms with Gasteiger partial charge in [0.15, 0.2) is 0 Å². The van der Waals surface area contributed by atoms with Crippen molar-refractivity contribution in [2.24, 2.45) is 0 Å². The average Bonchev–Trinajstić information content (AvgIpc) is 2.12. The van der Waals surface area contributed by atoms with Crippen molar-refractivity contribution < 1.29 is 0 Å². The molecule has 0 aliphatic carbocycles. The third kappa shape index (κ3) is 1.82. The smallest absolute Gasteiger partial charge is 0.102 e. The lowest BCUT2D eigenvalue weighted by Gasteiger charge is -2.01. The number of nitrogens with zero attached hydrogens (tertiary/aromatic N) is 1. The van der Waals surface area contributed by atoms with Crippen molar-refractivity contribution in [3.8, 4) is 0 Å². The standard InChI is InChI=1S/C9H4BrClIN/c10-6-2-3-7(11)9-5(6)1-4-8(12)13-9/h1-4H. The van der Waals surface area contributed by atoms with Crippen molar-refractivity contribution in [3.63, 3.8) is 0 Å². The summed E-state index contributed by atoms with van der Waals surface area (Å²) >= 11 is 11.6. The van der Waals surface area contributed by atoms with Crippen LogP contribution in [0.4, 0.5) is 0 Å². The van der Waals surface area contributed by atoms with Crippen LogP contribution in [0.15, 0.2) is 28.7 Å². The highest BCUT2D eigenvalue weighted by Crippen LogP contribution is 2.28. The van der Waals surface area contributed by atoms with Gasteiger partial charge in [0.25, 0.3) is 0 Å². The molecule has 0 atom stereocenters. The number of rotatable bonds is 0. The van der Waals surface area contributed by atoms with E-state index in [1.54, 1.807) is 0 Å². The van der Waals surface area contributed by atoms with Crippen molar-refractivity contribution in [3.05, 3.63) is 37.5 Å². The molecule has 1 heterocycles. The van der Waals surface area contributed by atoms with Crippen LogP contribution >= 0.6 is 50.1 Å². The van der Waals surface area contributed by atoms with E-state index in [-0.39, 0.29) is 0 Å². The van der Waals surface area contributed by atoms with E-state index in [1.165, 1.54) is 0 Å². The molecule has 13 heavy (non-hydrogen) atoms. The lowest BCUT2D eigenvalue weighted by atomic mass is 10.2. The predicted molar refractivity (Wildman–Crippen MR) is 67.2 cm³/mol. The van der Waals surface area contributed by atoms with Crippen LogP contribution in [0.25, 0.3) is 10.9 Å². The van der Waals surface area contributed by atoms with Gasteiger partial charge in [-0.2, -0.15) is 0 Å². The quantitative estimate of drug-likeness (QED) is 0.500. The molecule has 4 heteroatoms. The molecule has 0 fully saturated rings. The van der Waals surface area contributed by atoms with Crippen molar-refractivity contribution in [2.75, 3.05) is 0 Å². The molecule has 66 valence electrons. The molecule has 0 saturated heterocycles. The first-order valence-electron chi connectivity index (χ1n) is 3.59. The molecule has 1 nitrogen and oxygen atoms in total. The van der Waals surface area contributed by atoms with Crippen LogP contribution < -0.4 is 0 Å². The first-order valence-corrected chi connectivity index (χ1v) is 5.84. The van der Waals surface area contributed by atoms with Gasteiger partial charge in [0.05, 0.1) is 10.5 Å². The topological polar surface area (TPSA) is 12.9 Å². The number of hydrogen-bond donors (Lipinski definition) is 0. The fourth-order valence-corrected chi connectivity index (χ4v) is 2.21. The van der Waals surface area contributed by atoms with Gasteiger partial charge in [0, 0.05) is 9.86 Å². The maximum Gasteiger partial charge on any atom is 0.102 e. The van der Waals surface area contributed by atoms with Crippen molar-refractivity contribution >= 4 is 61.0 Å². The Morgan fingerprint density at radius 1 is 1.23 bits per heavy atom. The lowest BCUT2D eigenvalue weighted by Crippen LogP contribution is -1.84. The summed E-state index contributed by atoms with van der Waals surface area (Å²) in [6.45, 7) is 0. The Labute approximate surface area is 103 Å². The zero-order valence-electron chi connectivity index (χ0n) is 6.39. The Balaban J connectivity index is 2.92. The summed E-state index contributed by atoms with van der Waals surface area (Å²) in [7, 11) is 0. The van der Waals surface area contributed by atoms with E-state index in [2.05, 4.69) is 43.5 Å². The molecule has 0 radical (unpaired) electrons. The highest BCUT2D eigenvalue weighted by atomic mass is 127. The summed E-state index contributed by atoms with van der Waals surface area (Å²) in [5.41, 5.74) is 0.850. The fourth-order valence-electron chi connectivity index (χ4n) is 1.13. The Hall–Kier alpha value is 0.130. The Morgan fingerprint density at radius 2 is 2.00 bits per heavy atom. The largest absolute Gasteiger partial charge is 0.240 e. The van der Waals surface area contributed by atoms with Crippen molar-refractivity contribution in [1.82, 2.24) is 4.98 Å². The summed E-state index contributed by atoms with van der Waals surface area (Å²) < 4.78 is 1.97. The number of fused-ring (bicyclic) bond motifs is 1. The van der Waals surface area contributed by atoms with E-state index in [0.29, 0.717) is 5.02 Å². The number of aromatic nitrogens is 1. The van der Waals surface area contributed by atoms with Crippen molar-refractivity contribution in [2.45, 2.75) is 0 Å². The van der Waals surface area contributed by atoms with Crippen LogP contribution in [0.3, 0.4) is 0 Å². The summed E-state index contributed by atoms with van der Waals surface area (Å²) in [5, 5.41) is 1.74. The van der Waals surface area contributed by atoms with Gasteiger partial charge in [-0.15, -0.1) is 0 Å². The van der Waals surface area contributed by atoms with E-state index < -0.39 is 0 Å². The molecule has 0 amide bonds. The van der Waals surface area contributed by atoms with Crippen LogP contribution in [-0.2, 0) is 0 Å². The normalized spacial score (nSPS) is 10.7. The minimum absolute atomic E-state index is 0.691. The monoisotopic (exact) mass is 367 g/mol. The summed E-state index contributed by atoms with van der Waals surface area (Å²) in [6, 6.07) is 7.75. The van der Waals surface area contributed by atoms with Crippen LogP contribution in [0.2, 0.25) is 5.02 Å². The molecule has 0 aliphatic heterocycles. The highest BCUT2D eigenvalue weighted by molar-refractivity contribution is 14.1. The van der Waals surface area contributed by atoms with E-state index in [4.69, 9.17) is 11.6 Å². The van der Waals surface area contributed by atoms with Gasteiger partial charge in [-0.25, -0.2) is 4.98 Å². The highest BCUT2D eigenvalue weighted by Gasteiger charge is 2.03. The number of hydrogen-bond acceptors (Lipinski definition) is 1. The molecule has 0 aliphatic rings. The maximum absolute atomic E-state index is 6.01. The molecule has 0 spiro atoms. The predicted octanol–water partition coefficient (Wildman–Crippen LogP) is 4.26. The minimum atomic E-state index is 0.691. The zero-order valence-corrected chi connectivity index (χ0v) is 10.9. The van der Waals surface area contributed by atoms with Crippen LogP contribution in [0, 0.1) is 3.70 Å². The third-order valence-corrected chi connectivity index (χ3v) is 3.32. The first kappa shape index (κ1) is 9.68. The molecule has 1 aromatic carbocycles. The average molecular weight is 368 g/mol. The second kappa shape index (κ2) is 3.71. The van der Waals surface area contributed by atoms with Crippen LogP contribution in [0.5, 0.6) is 0 Å². The summed E-state index contributed by atoms with van der Waals surface area (Å²) in [5.74, 6) is 0. The molecular weight excluding hydrogens is 364 g/mol. The van der Waals surface area contributed by atoms with Gasteiger partial charge in [0.2, 0.25) is 0 Å². The number of pyridine rings is 1. The molecule has 0 bridgehead atoms. The number of halogens is 3. The summed E-state index contributed by atoms with van der Waals surface area (Å²) in [4.78, 5) is 4.36. The first-order chi connectivity index (χ1) is 6.18. The van der Waals surface area contributed by atoms with Gasteiger partial charge >= 0.3 is 0 Å². The zero-order chi connectivity index (χ0) is 9.42. The van der Waals surface area contributed by atoms with Crippen molar-refractivity contribution in [1.29, 1.82) is 0 Å². The molecule has 0 saturated carbocycles.